The van der Waals surface area contributed by atoms with E-state index in [4.69, 9.17) is 16.3 Å². The summed E-state index contributed by atoms with van der Waals surface area (Å²) in [5, 5.41) is 4.06. The predicted octanol–water partition coefficient (Wildman–Crippen LogP) is 3.83. The largest absolute Gasteiger partial charge is 0.481 e. The van der Waals surface area contributed by atoms with E-state index < -0.39 is 6.10 Å². The van der Waals surface area contributed by atoms with Crippen LogP contribution in [0.2, 0.25) is 5.02 Å². The van der Waals surface area contributed by atoms with Gasteiger partial charge in [0.1, 0.15) is 5.75 Å². The van der Waals surface area contributed by atoms with E-state index in [2.05, 4.69) is 12.2 Å². The molecule has 1 aromatic carbocycles. The standard InChI is InChI=1S/C18H27ClN2O2.ClH/c1-4-11-21(15-7-9-20-10-8-15)18(22)14(3)23-16-5-6-17(19)13(2)12-16;/h5-6,12,14-15,20H,4,7-11H2,1-3H3;1H. The molecular formula is C18H28Cl2N2O2. The van der Waals surface area contributed by atoms with Gasteiger partial charge in [-0.1, -0.05) is 18.5 Å². The highest BCUT2D eigenvalue weighted by atomic mass is 35.5. The number of hydrogen-bond acceptors (Lipinski definition) is 3. The van der Waals surface area contributed by atoms with E-state index in [0.29, 0.717) is 16.8 Å². The molecule has 1 atom stereocenters. The maximum atomic E-state index is 12.8. The van der Waals surface area contributed by atoms with Crippen molar-refractivity contribution >= 4 is 29.9 Å². The Morgan fingerprint density at radius 3 is 2.67 bits per heavy atom. The van der Waals surface area contributed by atoms with Gasteiger partial charge in [0.2, 0.25) is 0 Å². The van der Waals surface area contributed by atoms with Crippen LogP contribution in [-0.2, 0) is 4.79 Å². The number of amides is 1. The number of piperidine rings is 1. The lowest BCUT2D eigenvalue weighted by molar-refractivity contribution is -0.141. The van der Waals surface area contributed by atoms with Crippen LogP contribution in [-0.4, -0.2) is 42.6 Å². The van der Waals surface area contributed by atoms with Gasteiger partial charge in [0.25, 0.3) is 5.91 Å². The van der Waals surface area contributed by atoms with Crippen LogP contribution in [0.15, 0.2) is 18.2 Å². The second-order valence-corrected chi connectivity index (χ2v) is 6.59. The third-order valence-electron chi connectivity index (χ3n) is 4.29. The van der Waals surface area contributed by atoms with E-state index in [-0.39, 0.29) is 18.3 Å². The number of hydrogen-bond donors (Lipinski definition) is 1. The van der Waals surface area contributed by atoms with Crippen molar-refractivity contribution in [1.82, 2.24) is 10.2 Å². The molecule has 24 heavy (non-hydrogen) atoms. The molecule has 0 bridgehead atoms. The zero-order chi connectivity index (χ0) is 16.8. The Hall–Kier alpha value is -0.970. The summed E-state index contributed by atoms with van der Waals surface area (Å²) in [6, 6.07) is 5.82. The summed E-state index contributed by atoms with van der Waals surface area (Å²) in [5.41, 5.74) is 0.951. The number of halogens is 2. The van der Waals surface area contributed by atoms with Gasteiger partial charge in [0, 0.05) is 17.6 Å². The molecule has 6 heteroatoms. The van der Waals surface area contributed by atoms with Gasteiger partial charge >= 0.3 is 0 Å². The molecule has 1 N–H and O–H groups in total. The maximum Gasteiger partial charge on any atom is 0.263 e. The first-order chi connectivity index (χ1) is 11.0. The number of aryl methyl sites for hydroxylation is 1. The summed E-state index contributed by atoms with van der Waals surface area (Å²) in [6.07, 6.45) is 2.50. The van der Waals surface area contributed by atoms with Gasteiger partial charge in [0.15, 0.2) is 6.10 Å². The molecule has 1 saturated heterocycles. The lowest BCUT2D eigenvalue weighted by Crippen LogP contribution is -2.50. The molecule has 1 aromatic rings. The average Bonchev–Trinajstić information content (AvgIpc) is 2.56. The van der Waals surface area contributed by atoms with Crippen LogP contribution in [0.4, 0.5) is 0 Å². The zero-order valence-electron chi connectivity index (χ0n) is 14.7. The van der Waals surface area contributed by atoms with Crippen molar-refractivity contribution in [2.24, 2.45) is 0 Å². The Balaban J connectivity index is 0.00000288. The van der Waals surface area contributed by atoms with Gasteiger partial charge in [-0.25, -0.2) is 0 Å². The molecule has 1 aliphatic heterocycles. The van der Waals surface area contributed by atoms with E-state index in [1.54, 1.807) is 6.07 Å². The second-order valence-electron chi connectivity index (χ2n) is 6.18. The SMILES string of the molecule is CCCN(C(=O)C(C)Oc1ccc(Cl)c(C)c1)C1CCNCC1.Cl. The minimum absolute atomic E-state index is 0. The Morgan fingerprint density at radius 2 is 2.08 bits per heavy atom. The number of nitrogens with zero attached hydrogens (tertiary/aromatic N) is 1. The second kappa shape index (κ2) is 10.1. The molecule has 0 aliphatic carbocycles. The van der Waals surface area contributed by atoms with Gasteiger partial charge in [-0.15, -0.1) is 12.4 Å². The summed E-state index contributed by atoms with van der Waals surface area (Å²) < 4.78 is 5.86. The highest BCUT2D eigenvalue weighted by molar-refractivity contribution is 6.31. The number of carbonyl (C=O) groups is 1. The highest BCUT2D eigenvalue weighted by Crippen LogP contribution is 2.23. The van der Waals surface area contributed by atoms with E-state index in [9.17, 15) is 4.79 Å². The van der Waals surface area contributed by atoms with Crippen LogP contribution < -0.4 is 10.1 Å². The lowest BCUT2D eigenvalue weighted by Gasteiger charge is -2.36. The van der Waals surface area contributed by atoms with E-state index >= 15 is 0 Å². The molecule has 2 rings (SSSR count). The molecule has 0 radical (unpaired) electrons. The van der Waals surface area contributed by atoms with Crippen LogP contribution in [0.25, 0.3) is 0 Å². The Kier molecular flexibility index (Phi) is 8.88. The quantitative estimate of drug-likeness (QED) is 0.822. The van der Waals surface area contributed by atoms with Crippen molar-refractivity contribution in [3.8, 4) is 5.75 Å². The van der Waals surface area contributed by atoms with Crippen LogP contribution in [0.1, 0.15) is 38.7 Å². The molecule has 1 aliphatic rings. The Labute approximate surface area is 156 Å². The van der Waals surface area contributed by atoms with E-state index in [1.807, 2.05) is 30.9 Å². The lowest BCUT2D eigenvalue weighted by atomic mass is 10.0. The minimum Gasteiger partial charge on any atom is -0.481 e. The molecule has 1 fully saturated rings. The number of ether oxygens (including phenoxy) is 1. The summed E-state index contributed by atoms with van der Waals surface area (Å²) >= 11 is 6.04. The zero-order valence-corrected chi connectivity index (χ0v) is 16.3. The van der Waals surface area contributed by atoms with Gasteiger partial charge < -0.3 is 15.0 Å². The first-order valence-corrected chi connectivity index (χ1v) is 8.84. The Morgan fingerprint density at radius 1 is 1.42 bits per heavy atom. The summed E-state index contributed by atoms with van der Waals surface area (Å²) in [5.74, 6) is 0.765. The monoisotopic (exact) mass is 374 g/mol. The minimum atomic E-state index is -0.489. The summed E-state index contributed by atoms with van der Waals surface area (Å²) in [6.45, 7) is 8.61. The van der Waals surface area contributed by atoms with Crippen molar-refractivity contribution in [2.75, 3.05) is 19.6 Å². The maximum absolute atomic E-state index is 12.8. The molecule has 0 spiro atoms. The fourth-order valence-corrected chi connectivity index (χ4v) is 3.13. The highest BCUT2D eigenvalue weighted by Gasteiger charge is 2.28. The van der Waals surface area contributed by atoms with Crippen LogP contribution >= 0.6 is 24.0 Å². The third-order valence-corrected chi connectivity index (χ3v) is 4.71. The fraction of sp³-hybridized carbons (Fsp3) is 0.611. The number of benzene rings is 1. The van der Waals surface area contributed by atoms with Gasteiger partial charge in [-0.2, -0.15) is 0 Å². The molecule has 136 valence electrons. The van der Waals surface area contributed by atoms with Crippen LogP contribution in [0, 0.1) is 6.92 Å². The van der Waals surface area contributed by atoms with Crippen molar-refractivity contribution in [3.63, 3.8) is 0 Å². The Bertz CT molecular complexity index is 534. The number of rotatable bonds is 6. The molecule has 1 amide bonds. The first kappa shape index (κ1) is 21.1. The molecular weight excluding hydrogens is 347 g/mol. The van der Waals surface area contributed by atoms with Gasteiger partial charge in [0.05, 0.1) is 0 Å². The van der Waals surface area contributed by atoms with Crippen LogP contribution in [0.5, 0.6) is 5.75 Å². The summed E-state index contributed by atoms with van der Waals surface area (Å²) in [4.78, 5) is 14.9. The fourth-order valence-electron chi connectivity index (χ4n) is 3.01. The smallest absolute Gasteiger partial charge is 0.263 e. The predicted molar refractivity (Wildman–Crippen MR) is 101 cm³/mol. The van der Waals surface area contributed by atoms with Crippen molar-refractivity contribution in [1.29, 1.82) is 0 Å². The topological polar surface area (TPSA) is 41.6 Å². The summed E-state index contributed by atoms with van der Waals surface area (Å²) in [7, 11) is 0. The number of carbonyl (C=O) groups excluding carboxylic acids is 1. The third kappa shape index (κ3) is 5.54. The van der Waals surface area contributed by atoms with Crippen molar-refractivity contribution < 1.29 is 9.53 Å². The molecule has 1 unspecified atom stereocenters. The average molecular weight is 375 g/mol. The van der Waals surface area contributed by atoms with Crippen LogP contribution in [0.3, 0.4) is 0 Å². The van der Waals surface area contributed by atoms with Gasteiger partial charge in [-0.3, -0.25) is 4.79 Å². The van der Waals surface area contributed by atoms with Crippen molar-refractivity contribution in [2.45, 2.75) is 52.2 Å². The number of nitrogens with one attached hydrogen (secondary N) is 1. The normalized spacial score (nSPS) is 16.2. The van der Waals surface area contributed by atoms with E-state index in [1.165, 1.54) is 0 Å². The molecule has 1 heterocycles. The molecule has 0 aromatic heterocycles. The van der Waals surface area contributed by atoms with Crippen molar-refractivity contribution in [3.05, 3.63) is 28.8 Å². The first-order valence-electron chi connectivity index (χ1n) is 8.47. The van der Waals surface area contributed by atoms with E-state index in [0.717, 1.165) is 44.5 Å². The molecule has 4 nitrogen and oxygen atoms in total. The molecule has 0 saturated carbocycles. The van der Waals surface area contributed by atoms with Gasteiger partial charge in [-0.05, 0) is 70.0 Å².